The summed E-state index contributed by atoms with van der Waals surface area (Å²) < 4.78 is 11.1. The highest BCUT2D eigenvalue weighted by atomic mass is 16.5. The Bertz CT molecular complexity index is 1330. The third-order valence-corrected chi connectivity index (χ3v) is 9.42. The van der Waals surface area contributed by atoms with E-state index < -0.39 is 0 Å². The van der Waals surface area contributed by atoms with E-state index >= 15 is 0 Å². The maximum Gasteiger partial charge on any atom is 0.119 e. The molecule has 0 N–H and O–H groups in total. The van der Waals surface area contributed by atoms with E-state index in [0.29, 0.717) is 11.3 Å². The van der Waals surface area contributed by atoms with Crippen molar-refractivity contribution >= 4 is 21.5 Å². The Morgan fingerprint density at radius 3 is 1.62 bits per heavy atom. The van der Waals surface area contributed by atoms with Crippen LogP contribution >= 0.6 is 0 Å². The molecule has 2 saturated carbocycles. The molecule has 3 aliphatic rings. The van der Waals surface area contributed by atoms with Crippen molar-refractivity contribution in [3.8, 4) is 22.6 Å². The van der Waals surface area contributed by atoms with Crippen LogP contribution in [-0.4, -0.2) is 14.2 Å². The molecule has 3 aliphatic carbocycles. The molecule has 0 amide bonds. The quantitative estimate of drug-likeness (QED) is 0.312. The van der Waals surface area contributed by atoms with Crippen LogP contribution in [0.25, 0.3) is 32.7 Å². The molecular weight excluding hydrogens is 416 g/mol. The van der Waals surface area contributed by atoms with Gasteiger partial charge in [-0.3, -0.25) is 0 Å². The second-order valence-corrected chi connectivity index (χ2v) is 10.7. The van der Waals surface area contributed by atoms with Gasteiger partial charge in [-0.2, -0.15) is 0 Å². The zero-order valence-corrected chi connectivity index (χ0v) is 20.2. The summed E-state index contributed by atoms with van der Waals surface area (Å²) in [6.07, 6.45) is 9.79. The number of fused-ring (bicyclic) bond motifs is 7. The van der Waals surface area contributed by atoms with Crippen LogP contribution in [0.5, 0.6) is 11.5 Å². The van der Waals surface area contributed by atoms with Gasteiger partial charge in [0.15, 0.2) is 0 Å². The first-order valence-corrected chi connectivity index (χ1v) is 13.0. The van der Waals surface area contributed by atoms with Crippen molar-refractivity contribution in [3.63, 3.8) is 0 Å². The highest BCUT2D eigenvalue weighted by molar-refractivity contribution is 6.11. The van der Waals surface area contributed by atoms with E-state index in [1.165, 1.54) is 77.6 Å². The van der Waals surface area contributed by atoms with Gasteiger partial charge < -0.3 is 9.47 Å². The van der Waals surface area contributed by atoms with Gasteiger partial charge in [-0.25, -0.2) is 0 Å². The second-order valence-electron chi connectivity index (χ2n) is 10.7. The molecule has 0 heterocycles. The van der Waals surface area contributed by atoms with E-state index in [-0.39, 0.29) is 0 Å². The Labute approximate surface area is 201 Å². The average molecular weight is 449 g/mol. The number of hydrogen-bond acceptors (Lipinski definition) is 2. The molecule has 34 heavy (non-hydrogen) atoms. The maximum atomic E-state index is 5.56. The predicted molar refractivity (Wildman–Crippen MR) is 140 cm³/mol. The van der Waals surface area contributed by atoms with Crippen LogP contribution in [-0.2, 0) is 0 Å². The van der Waals surface area contributed by atoms with E-state index in [4.69, 9.17) is 9.47 Å². The summed E-state index contributed by atoms with van der Waals surface area (Å²) in [5.41, 5.74) is 6.46. The van der Waals surface area contributed by atoms with Gasteiger partial charge in [0.1, 0.15) is 11.5 Å². The van der Waals surface area contributed by atoms with Crippen molar-refractivity contribution in [1.82, 2.24) is 0 Å². The first kappa shape index (κ1) is 20.4. The number of rotatable bonds is 4. The molecule has 4 aromatic rings. The summed E-state index contributed by atoms with van der Waals surface area (Å²) in [6.45, 7) is 0. The molecule has 2 fully saturated rings. The zero-order chi connectivity index (χ0) is 22.9. The summed E-state index contributed by atoms with van der Waals surface area (Å²) >= 11 is 0. The minimum absolute atomic E-state index is 0.427. The minimum Gasteiger partial charge on any atom is -0.497 e. The van der Waals surface area contributed by atoms with Crippen molar-refractivity contribution in [2.75, 3.05) is 14.2 Å². The summed E-state index contributed by atoms with van der Waals surface area (Å²) in [4.78, 5) is 0. The number of ether oxygens (including phenoxy) is 2. The molecule has 0 aliphatic heterocycles. The van der Waals surface area contributed by atoms with Crippen molar-refractivity contribution in [1.29, 1.82) is 0 Å². The van der Waals surface area contributed by atoms with Crippen LogP contribution in [0.15, 0.2) is 60.7 Å². The van der Waals surface area contributed by atoms with Gasteiger partial charge in [0.2, 0.25) is 0 Å². The maximum absolute atomic E-state index is 5.56. The molecule has 7 rings (SSSR count). The van der Waals surface area contributed by atoms with E-state index in [1.54, 1.807) is 25.3 Å². The Morgan fingerprint density at radius 1 is 0.647 bits per heavy atom. The molecule has 172 valence electrons. The first-order valence-electron chi connectivity index (χ1n) is 13.0. The van der Waals surface area contributed by atoms with Gasteiger partial charge >= 0.3 is 0 Å². The molecule has 2 nitrogen and oxygen atoms in total. The van der Waals surface area contributed by atoms with E-state index in [9.17, 15) is 0 Å². The van der Waals surface area contributed by atoms with Crippen LogP contribution in [0.4, 0.5) is 0 Å². The fourth-order valence-corrected chi connectivity index (χ4v) is 7.75. The van der Waals surface area contributed by atoms with Gasteiger partial charge in [-0.05, 0) is 105 Å². The van der Waals surface area contributed by atoms with Crippen molar-refractivity contribution in [3.05, 3.63) is 71.8 Å². The number of methoxy groups -OCH3 is 2. The van der Waals surface area contributed by atoms with Gasteiger partial charge in [0.05, 0.1) is 14.2 Å². The molecule has 0 bridgehead atoms. The standard InChI is InChI=1S/C32H32O2/c1-33-23-10-14-25-20(18-23)8-12-27-29(25)30-26-15-11-24(34-2)19-21(26)9-13-28(30)31(27)32(16-5-17-32)22-6-3-4-7-22/h8-15,18-19,22,31H,3-7,16-17H2,1-2H3. The average Bonchev–Trinajstić information content (AvgIpc) is 3.50. The third-order valence-electron chi connectivity index (χ3n) is 9.42. The van der Waals surface area contributed by atoms with Crippen LogP contribution in [0.2, 0.25) is 0 Å². The van der Waals surface area contributed by atoms with E-state index in [2.05, 4.69) is 60.7 Å². The number of hydrogen-bond donors (Lipinski definition) is 0. The van der Waals surface area contributed by atoms with Crippen LogP contribution < -0.4 is 9.47 Å². The molecule has 0 aromatic heterocycles. The molecule has 0 saturated heterocycles. The summed E-state index contributed by atoms with van der Waals surface area (Å²) in [5.74, 6) is 3.22. The van der Waals surface area contributed by atoms with E-state index in [0.717, 1.165) is 17.4 Å². The Kier molecular flexibility index (Phi) is 4.50. The predicted octanol–water partition coefficient (Wildman–Crippen LogP) is 8.48. The fourth-order valence-electron chi connectivity index (χ4n) is 7.75. The Balaban J connectivity index is 1.55. The number of benzene rings is 4. The molecule has 0 atom stereocenters. The lowest BCUT2D eigenvalue weighted by molar-refractivity contribution is 0.0335. The van der Waals surface area contributed by atoms with Gasteiger partial charge in [-0.1, -0.05) is 55.7 Å². The van der Waals surface area contributed by atoms with Crippen molar-refractivity contribution < 1.29 is 9.47 Å². The molecule has 2 heteroatoms. The van der Waals surface area contributed by atoms with Gasteiger partial charge in [-0.15, -0.1) is 0 Å². The van der Waals surface area contributed by atoms with Crippen molar-refractivity contribution in [2.45, 2.75) is 50.9 Å². The van der Waals surface area contributed by atoms with Crippen molar-refractivity contribution in [2.24, 2.45) is 11.3 Å². The summed E-state index contributed by atoms with van der Waals surface area (Å²) in [6, 6.07) is 22.8. The highest BCUT2D eigenvalue weighted by Gasteiger charge is 2.53. The smallest absolute Gasteiger partial charge is 0.119 e. The SMILES string of the molecule is COc1ccc2c3c(ccc2c1)C(C1(C2CCCC2)CCC1)c1ccc2cc(OC)ccc2c1-3. The van der Waals surface area contributed by atoms with Crippen LogP contribution in [0.3, 0.4) is 0 Å². The lowest BCUT2D eigenvalue weighted by atomic mass is 9.52. The molecule has 4 aromatic carbocycles. The first-order chi connectivity index (χ1) is 16.7. The highest BCUT2D eigenvalue weighted by Crippen LogP contribution is 2.67. The fraction of sp³-hybridized carbons (Fsp3) is 0.375. The topological polar surface area (TPSA) is 18.5 Å². The molecule has 0 spiro atoms. The lowest BCUT2D eigenvalue weighted by Crippen LogP contribution is -2.41. The monoisotopic (exact) mass is 448 g/mol. The lowest BCUT2D eigenvalue weighted by Gasteiger charge is -2.52. The molecule has 0 unspecified atom stereocenters. The van der Waals surface area contributed by atoms with Gasteiger partial charge in [0.25, 0.3) is 0 Å². The normalized spacial score (nSPS) is 19.2. The van der Waals surface area contributed by atoms with Gasteiger partial charge in [0, 0.05) is 5.92 Å². The van der Waals surface area contributed by atoms with E-state index in [1.807, 2.05) is 0 Å². The molecular formula is C32H32O2. The Morgan fingerprint density at radius 2 is 1.18 bits per heavy atom. The van der Waals surface area contributed by atoms with Crippen LogP contribution in [0, 0.1) is 11.3 Å². The third kappa shape index (κ3) is 2.69. The summed E-state index contributed by atoms with van der Waals surface area (Å²) in [7, 11) is 3.51. The molecule has 0 radical (unpaired) electrons. The van der Waals surface area contributed by atoms with Crippen LogP contribution in [0.1, 0.15) is 62.0 Å². The second kappa shape index (κ2) is 7.50. The summed E-state index contributed by atoms with van der Waals surface area (Å²) in [5, 5.41) is 5.23. The largest absolute Gasteiger partial charge is 0.497 e. The minimum atomic E-state index is 0.427. The zero-order valence-electron chi connectivity index (χ0n) is 20.2. The Hall–Kier alpha value is -3.00.